The van der Waals surface area contributed by atoms with Crippen LogP contribution in [0.15, 0.2) is 53.5 Å². The molecule has 0 aliphatic carbocycles. The Kier molecular flexibility index (Phi) is 2.71. The summed E-state index contributed by atoms with van der Waals surface area (Å²) in [6, 6.07) is 9.38. The van der Waals surface area contributed by atoms with Crippen molar-refractivity contribution in [3.8, 4) is 17.1 Å². The lowest BCUT2D eigenvalue weighted by molar-refractivity contribution is 0.580. The second-order valence-corrected chi connectivity index (χ2v) is 5.65. The van der Waals surface area contributed by atoms with Gasteiger partial charge in [0.1, 0.15) is 12.0 Å². The van der Waals surface area contributed by atoms with Crippen LogP contribution in [-0.4, -0.2) is 29.9 Å². The number of aromatic amines is 1. The van der Waals surface area contributed by atoms with Gasteiger partial charge in [-0.15, -0.1) is 5.10 Å². The smallest absolute Gasteiger partial charge is 0.187 e. The summed E-state index contributed by atoms with van der Waals surface area (Å²) in [5, 5.41) is 10.0. The molecule has 4 heterocycles. The van der Waals surface area contributed by atoms with Crippen LogP contribution < -0.4 is 0 Å². The van der Waals surface area contributed by atoms with Gasteiger partial charge in [-0.25, -0.2) is 9.97 Å². The number of hydrogen-bond acceptors (Lipinski definition) is 5. The Morgan fingerprint density at radius 2 is 2.12 bits per heavy atom. The zero-order chi connectivity index (χ0) is 16.1. The molecule has 0 aliphatic heterocycles. The van der Waals surface area contributed by atoms with Crippen LogP contribution in [0.3, 0.4) is 0 Å². The maximum atomic E-state index is 6.42. The van der Waals surface area contributed by atoms with Gasteiger partial charge in [0.2, 0.25) is 0 Å². The predicted molar refractivity (Wildman–Crippen MR) is 89.0 cm³/mol. The van der Waals surface area contributed by atoms with Crippen LogP contribution in [0.4, 0.5) is 0 Å². The summed E-state index contributed by atoms with van der Waals surface area (Å²) < 4.78 is 7.03. The van der Waals surface area contributed by atoms with Crippen molar-refractivity contribution in [1.29, 1.82) is 0 Å². The molecule has 0 amide bonds. The van der Waals surface area contributed by atoms with E-state index >= 15 is 0 Å². The van der Waals surface area contributed by atoms with Crippen LogP contribution in [0, 0.1) is 0 Å². The fourth-order valence-corrected chi connectivity index (χ4v) is 2.97. The monoisotopic (exact) mass is 336 g/mol. The first-order chi connectivity index (χ1) is 11.8. The molecule has 0 atom stereocenters. The van der Waals surface area contributed by atoms with Gasteiger partial charge in [0, 0.05) is 17.1 Å². The van der Waals surface area contributed by atoms with E-state index in [1.54, 1.807) is 17.0 Å². The lowest BCUT2D eigenvalue weighted by atomic mass is 10.2. The lowest BCUT2D eigenvalue weighted by Crippen LogP contribution is -1.99. The van der Waals surface area contributed by atoms with Gasteiger partial charge in [-0.2, -0.15) is 4.68 Å². The third-order valence-corrected chi connectivity index (χ3v) is 4.14. The van der Waals surface area contributed by atoms with Gasteiger partial charge >= 0.3 is 0 Å². The first-order valence-corrected chi connectivity index (χ1v) is 7.56. The Hall–Kier alpha value is -3.19. The van der Waals surface area contributed by atoms with Gasteiger partial charge in [-0.3, -0.25) is 0 Å². The molecule has 0 unspecified atom stereocenters. The number of hydrogen-bond donors (Lipinski definition) is 1. The minimum atomic E-state index is 0.551. The Morgan fingerprint density at radius 3 is 3.00 bits per heavy atom. The van der Waals surface area contributed by atoms with E-state index in [1.807, 2.05) is 30.5 Å². The topological polar surface area (TPSA) is 85.4 Å². The standard InChI is InChI=1S/C16H9ClN6O/c17-10-7-11-9(3-4-18-11)6-12(10)23-16-15(21-22-23)14(19-8-20-16)13-2-1-5-24-13/h1-8,18H. The zero-order valence-electron chi connectivity index (χ0n) is 12.1. The van der Waals surface area contributed by atoms with Crippen molar-refractivity contribution < 1.29 is 4.42 Å². The summed E-state index contributed by atoms with van der Waals surface area (Å²) >= 11 is 6.42. The van der Waals surface area contributed by atoms with E-state index in [1.165, 1.54) is 6.33 Å². The summed E-state index contributed by atoms with van der Waals surface area (Å²) in [6.07, 6.45) is 4.91. The molecular formula is C16H9ClN6O. The average molecular weight is 337 g/mol. The largest absolute Gasteiger partial charge is 0.463 e. The van der Waals surface area contributed by atoms with Crippen LogP contribution in [-0.2, 0) is 0 Å². The first kappa shape index (κ1) is 13.3. The molecule has 1 aromatic carbocycles. The zero-order valence-corrected chi connectivity index (χ0v) is 12.9. The molecule has 24 heavy (non-hydrogen) atoms. The molecular weight excluding hydrogens is 328 g/mol. The fourth-order valence-electron chi connectivity index (χ4n) is 2.73. The molecule has 5 rings (SSSR count). The number of rotatable bonds is 2. The minimum Gasteiger partial charge on any atom is -0.463 e. The summed E-state index contributed by atoms with van der Waals surface area (Å²) in [5.41, 5.74) is 3.37. The molecule has 0 radical (unpaired) electrons. The number of benzene rings is 1. The summed E-state index contributed by atoms with van der Waals surface area (Å²) in [5.74, 6) is 0.613. The average Bonchev–Trinajstić information content (AvgIpc) is 3.33. The summed E-state index contributed by atoms with van der Waals surface area (Å²) in [4.78, 5) is 11.7. The fraction of sp³-hybridized carbons (Fsp3) is 0. The van der Waals surface area contributed by atoms with Crippen molar-refractivity contribution in [2.24, 2.45) is 0 Å². The van der Waals surface area contributed by atoms with Crippen LogP contribution in [0.25, 0.3) is 39.2 Å². The highest BCUT2D eigenvalue weighted by atomic mass is 35.5. The van der Waals surface area contributed by atoms with Crippen molar-refractivity contribution >= 4 is 33.7 Å². The number of nitrogens with zero attached hydrogens (tertiary/aromatic N) is 5. The number of H-pyrrole nitrogens is 1. The SMILES string of the molecule is Clc1cc2[nH]ccc2cc1-n1nnc2c(-c3ccco3)ncnc21. The van der Waals surface area contributed by atoms with Crippen molar-refractivity contribution in [1.82, 2.24) is 29.9 Å². The highest BCUT2D eigenvalue weighted by Gasteiger charge is 2.17. The highest BCUT2D eigenvalue weighted by Crippen LogP contribution is 2.29. The molecule has 4 aromatic heterocycles. The molecule has 0 bridgehead atoms. The molecule has 0 spiro atoms. The molecule has 5 aromatic rings. The van der Waals surface area contributed by atoms with Crippen molar-refractivity contribution in [2.75, 3.05) is 0 Å². The van der Waals surface area contributed by atoms with E-state index in [4.69, 9.17) is 16.0 Å². The van der Waals surface area contributed by atoms with E-state index < -0.39 is 0 Å². The normalized spacial score (nSPS) is 11.5. The van der Waals surface area contributed by atoms with Crippen LogP contribution in [0.1, 0.15) is 0 Å². The van der Waals surface area contributed by atoms with Gasteiger partial charge < -0.3 is 9.40 Å². The van der Waals surface area contributed by atoms with Gasteiger partial charge in [-0.05, 0) is 30.3 Å². The number of aromatic nitrogens is 6. The van der Waals surface area contributed by atoms with Crippen molar-refractivity contribution in [2.45, 2.75) is 0 Å². The first-order valence-electron chi connectivity index (χ1n) is 7.18. The van der Waals surface area contributed by atoms with Gasteiger partial charge in [0.15, 0.2) is 16.9 Å². The number of furan rings is 1. The van der Waals surface area contributed by atoms with Gasteiger partial charge in [0.05, 0.1) is 17.0 Å². The van der Waals surface area contributed by atoms with Gasteiger partial charge in [-0.1, -0.05) is 16.8 Å². The van der Waals surface area contributed by atoms with Crippen LogP contribution in [0.2, 0.25) is 5.02 Å². The van der Waals surface area contributed by atoms with Crippen LogP contribution >= 0.6 is 11.6 Å². The van der Waals surface area contributed by atoms with Crippen molar-refractivity contribution in [3.63, 3.8) is 0 Å². The van der Waals surface area contributed by atoms with Crippen LogP contribution in [0.5, 0.6) is 0 Å². The number of fused-ring (bicyclic) bond motifs is 2. The summed E-state index contributed by atoms with van der Waals surface area (Å²) in [7, 11) is 0. The Balaban J connectivity index is 1.78. The van der Waals surface area contributed by atoms with E-state index in [9.17, 15) is 0 Å². The maximum absolute atomic E-state index is 6.42. The lowest BCUT2D eigenvalue weighted by Gasteiger charge is -2.05. The highest BCUT2D eigenvalue weighted by molar-refractivity contribution is 6.33. The molecule has 116 valence electrons. The third kappa shape index (κ3) is 1.85. The second kappa shape index (κ2) is 4.90. The molecule has 7 nitrogen and oxygen atoms in total. The molecule has 0 fully saturated rings. The Labute approximate surface area is 139 Å². The Morgan fingerprint density at radius 1 is 1.17 bits per heavy atom. The number of halogens is 1. The molecule has 0 saturated carbocycles. The number of nitrogens with one attached hydrogen (secondary N) is 1. The Bertz CT molecular complexity index is 1170. The van der Waals surface area contributed by atoms with E-state index in [0.717, 1.165) is 10.9 Å². The molecule has 0 aliphatic rings. The molecule has 0 saturated heterocycles. The quantitative estimate of drug-likeness (QED) is 0.532. The third-order valence-electron chi connectivity index (χ3n) is 3.84. The minimum absolute atomic E-state index is 0.551. The van der Waals surface area contributed by atoms with E-state index in [-0.39, 0.29) is 0 Å². The molecule has 1 N–H and O–H groups in total. The second-order valence-electron chi connectivity index (χ2n) is 5.24. The van der Waals surface area contributed by atoms with Crippen molar-refractivity contribution in [3.05, 3.63) is 54.1 Å². The van der Waals surface area contributed by atoms with E-state index in [0.29, 0.717) is 33.3 Å². The van der Waals surface area contributed by atoms with E-state index in [2.05, 4.69) is 25.3 Å². The predicted octanol–water partition coefficient (Wildman–Crippen LogP) is 3.61. The molecule has 8 heteroatoms. The summed E-state index contributed by atoms with van der Waals surface area (Å²) in [6.45, 7) is 0. The van der Waals surface area contributed by atoms with Gasteiger partial charge in [0.25, 0.3) is 0 Å². The maximum Gasteiger partial charge on any atom is 0.187 e.